The number of aromatic hydroxyl groups is 1. The topological polar surface area (TPSA) is 49.7 Å². The molecule has 0 aromatic heterocycles. The Balaban J connectivity index is 2.91. The number of alkyl halides is 3. The molecule has 0 unspecified atom stereocenters. The molecule has 92 valence electrons. The summed E-state index contributed by atoms with van der Waals surface area (Å²) in [5.74, 6) is -1.16. The number of carbonyl (C=O) groups is 1. The van der Waals surface area contributed by atoms with Gasteiger partial charge in [0.2, 0.25) is 0 Å². The molecular weight excluding hydrogens is 235 g/mol. The minimum Gasteiger partial charge on any atom is -0.507 e. The second-order valence-electron chi connectivity index (χ2n) is 3.29. The Kier molecular flexibility index (Phi) is 3.88. The van der Waals surface area contributed by atoms with Crippen LogP contribution in [0.1, 0.15) is 16.8 Å². The number of aliphatic imine (C=N–C) groups is 1. The van der Waals surface area contributed by atoms with Crippen LogP contribution < -0.4 is 0 Å². The van der Waals surface area contributed by atoms with Crippen LogP contribution in [-0.2, 0) is 0 Å². The largest absolute Gasteiger partial charge is 0.507 e. The zero-order valence-corrected chi connectivity index (χ0v) is 8.95. The number of para-hydroxylation sites is 1. The zero-order chi connectivity index (χ0) is 13.1. The molecule has 0 saturated carbocycles. The molecule has 0 bridgehead atoms. The summed E-state index contributed by atoms with van der Waals surface area (Å²) in [4.78, 5) is 14.6. The molecule has 0 heterocycles. The zero-order valence-electron chi connectivity index (χ0n) is 8.95. The highest BCUT2D eigenvalue weighted by atomic mass is 19.4. The standard InChI is InChI=1S/C11H10F3NO2/c1-15-10(11(12,13)14)6-9(17)7-4-2-3-5-8(7)16/h2-5,16H,6H2,1H3. The van der Waals surface area contributed by atoms with Crippen LogP contribution in [0.15, 0.2) is 29.3 Å². The van der Waals surface area contributed by atoms with Gasteiger partial charge >= 0.3 is 6.18 Å². The summed E-state index contributed by atoms with van der Waals surface area (Å²) >= 11 is 0. The second kappa shape index (κ2) is 4.99. The van der Waals surface area contributed by atoms with Crippen LogP contribution in [0.5, 0.6) is 5.75 Å². The van der Waals surface area contributed by atoms with Crippen molar-refractivity contribution in [2.45, 2.75) is 12.6 Å². The molecule has 0 spiro atoms. The lowest BCUT2D eigenvalue weighted by Crippen LogP contribution is -2.25. The molecule has 0 amide bonds. The summed E-state index contributed by atoms with van der Waals surface area (Å²) in [6.45, 7) is 0. The van der Waals surface area contributed by atoms with Gasteiger partial charge in [0.05, 0.1) is 12.0 Å². The average Bonchev–Trinajstić information content (AvgIpc) is 2.24. The fraction of sp³-hybridized carbons (Fsp3) is 0.273. The van der Waals surface area contributed by atoms with Crippen molar-refractivity contribution in [3.63, 3.8) is 0 Å². The first kappa shape index (κ1) is 13.2. The van der Waals surface area contributed by atoms with Crippen LogP contribution in [0.2, 0.25) is 0 Å². The van der Waals surface area contributed by atoms with E-state index < -0.39 is 24.1 Å². The Morgan fingerprint density at radius 2 is 1.94 bits per heavy atom. The van der Waals surface area contributed by atoms with E-state index in [-0.39, 0.29) is 11.3 Å². The van der Waals surface area contributed by atoms with Crippen molar-refractivity contribution in [3.8, 4) is 5.75 Å². The fourth-order valence-electron chi connectivity index (χ4n) is 1.26. The Hall–Kier alpha value is -1.85. The molecule has 17 heavy (non-hydrogen) atoms. The van der Waals surface area contributed by atoms with Gasteiger partial charge in [0.15, 0.2) is 5.78 Å². The summed E-state index contributed by atoms with van der Waals surface area (Å²) in [6, 6.07) is 5.44. The Morgan fingerprint density at radius 3 is 2.41 bits per heavy atom. The number of Topliss-reactive ketones (excluding diaryl/α,β-unsaturated/α-hetero) is 1. The molecule has 3 nitrogen and oxygen atoms in total. The molecule has 1 N–H and O–H groups in total. The maximum absolute atomic E-state index is 12.4. The van der Waals surface area contributed by atoms with Crippen molar-refractivity contribution in [3.05, 3.63) is 29.8 Å². The molecule has 6 heteroatoms. The minimum absolute atomic E-state index is 0.141. The molecule has 0 aliphatic carbocycles. The van der Waals surface area contributed by atoms with Crippen molar-refractivity contribution >= 4 is 11.5 Å². The van der Waals surface area contributed by atoms with Gasteiger partial charge in [0, 0.05) is 7.05 Å². The number of phenols is 1. The van der Waals surface area contributed by atoms with Crippen LogP contribution in [-0.4, -0.2) is 29.8 Å². The lowest BCUT2D eigenvalue weighted by Gasteiger charge is -2.09. The highest BCUT2D eigenvalue weighted by Gasteiger charge is 2.36. The SMILES string of the molecule is CN=C(CC(=O)c1ccccc1O)C(F)(F)F. The lowest BCUT2D eigenvalue weighted by atomic mass is 10.0. The minimum atomic E-state index is -4.63. The van der Waals surface area contributed by atoms with Gasteiger partial charge < -0.3 is 5.11 Å². The van der Waals surface area contributed by atoms with Gasteiger partial charge in [-0.15, -0.1) is 0 Å². The van der Waals surface area contributed by atoms with E-state index in [1.807, 2.05) is 0 Å². The predicted molar refractivity (Wildman–Crippen MR) is 56.5 cm³/mol. The number of benzene rings is 1. The van der Waals surface area contributed by atoms with E-state index >= 15 is 0 Å². The molecule has 1 rings (SSSR count). The van der Waals surface area contributed by atoms with Gasteiger partial charge in [0.1, 0.15) is 11.5 Å². The monoisotopic (exact) mass is 245 g/mol. The fourth-order valence-corrected chi connectivity index (χ4v) is 1.26. The molecule has 0 aliphatic heterocycles. The van der Waals surface area contributed by atoms with Gasteiger partial charge in [-0.25, -0.2) is 0 Å². The molecule has 0 saturated heterocycles. The molecule has 1 aromatic carbocycles. The van der Waals surface area contributed by atoms with E-state index in [0.29, 0.717) is 0 Å². The van der Waals surface area contributed by atoms with Gasteiger partial charge in [-0.2, -0.15) is 13.2 Å². The van der Waals surface area contributed by atoms with Crippen molar-refractivity contribution in [2.24, 2.45) is 4.99 Å². The normalized spacial score (nSPS) is 12.6. The first-order chi connectivity index (χ1) is 7.86. The molecule has 0 aliphatic rings. The van der Waals surface area contributed by atoms with Crippen molar-refractivity contribution in [1.29, 1.82) is 0 Å². The third-order valence-corrected chi connectivity index (χ3v) is 2.13. The second-order valence-corrected chi connectivity index (χ2v) is 3.29. The van der Waals surface area contributed by atoms with Crippen LogP contribution in [0.4, 0.5) is 13.2 Å². The third kappa shape index (κ3) is 3.30. The van der Waals surface area contributed by atoms with Crippen molar-refractivity contribution in [1.82, 2.24) is 0 Å². The van der Waals surface area contributed by atoms with Crippen LogP contribution in [0.3, 0.4) is 0 Å². The number of hydrogen-bond donors (Lipinski definition) is 1. The summed E-state index contributed by atoms with van der Waals surface area (Å²) in [7, 11) is 0.973. The van der Waals surface area contributed by atoms with E-state index in [1.54, 1.807) is 0 Å². The van der Waals surface area contributed by atoms with Crippen LogP contribution >= 0.6 is 0 Å². The summed E-state index contributed by atoms with van der Waals surface area (Å²) < 4.78 is 37.1. The molecule has 0 fully saturated rings. The van der Waals surface area contributed by atoms with Crippen molar-refractivity contribution in [2.75, 3.05) is 7.05 Å². The van der Waals surface area contributed by atoms with E-state index in [2.05, 4.69) is 4.99 Å². The Bertz CT molecular complexity index is 452. The number of carbonyl (C=O) groups excluding carboxylic acids is 1. The molecule has 0 atom stereocenters. The molecular formula is C11H10F3NO2. The van der Waals surface area contributed by atoms with E-state index in [1.165, 1.54) is 24.3 Å². The average molecular weight is 245 g/mol. The highest BCUT2D eigenvalue weighted by molar-refractivity contribution is 6.12. The predicted octanol–water partition coefficient (Wildman–Crippen LogP) is 2.60. The number of ketones is 1. The molecule has 1 aromatic rings. The maximum atomic E-state index is 12.4. The van der Waals surface area contributed by atoms with Crippen molar-refractivity contribution < 1.29 is 23.1 Å². The summed E-state index contributed by atoms with van der Waals surface area (Å²) in [5, 5.41) is 9.33. The third-order valence-electron chi connectivity index (χ3n) is 2.13. The molecule has 0 radical (unpaired) electrons. The van der Waals surface area contributed by atoms with E-state index in [0.717, 1.165) is 7.05 Å². The van der Waals surface area contributed by atoms with Gasteiger partial charge in [-0.05, 0) is 12.1 Å². The number of rotatable bonds is 3. The summed E-state index contributed by atoms with van der Waals surface area (Å²) in [5.41, 5.74) is -1.30. The Labute approximate surface area is 95.6 Å². The first-order valence-corrected chi connectivity index (χ1v) is 4.70. The Morgan fingerprint density at radius 1 is 1.35 bits per heavy atom. The smallest absolute Gasteiger partial charge is 0.429 e. The highest BCUT2D eigenvalue weighted by Crippen LogP contribution is 2.23. The number of hydrogen-bond acceptors (Lipinski definition) is 3. The maximum Gasteiger partial charge on any atom is 0.429 e. The van der Waals surface area contributed by atoms with Gasteiger partial charge in [-0.1, -0.05) is 12.1 Å². The van der Waals surface area contributed by atoms with E-state index in [9.17, 15) is 23.1 Å². The number of nitrogens with zero attached hydrogens (tertiary/aromatic N) is 1. The number of halogens is 3. The number of phenolic OH excluding ortho intramolecular Hbond substituents is 1. The van der Waals surface area contributed by atoms with Crippen LogP contribution in [0.25, 0.3) is 0 Å². The first-order valence-electron chi connectivity index (χ1n) is 4.70. The van der Waals surface area contributed by atoms with Crippen LogP contribution in [0, 0.1) is 0 Å². The lowest BCUT2D eigenvalue weighted by molar-refractivity contribution is -0.0602. The quantitative estimate of drug-likeness (QED) is 0.657. The summed E-state index contributed by atoms with van der Waals surface area (Å²) in [6.07, 6.45) is -5.51. The van der Waals surface area contributed by atoms with Gasteiger partial charge in [-0.3, -0.25) is 9.79 Å². The van der Waals surface area contributed by atoms with Gasteiger partial charge in [0.25, 0.3) is 0 Å². The van der Waals surface area contributed by atoms with E-state index in [4.69, 9.17) is 0 Å².